The van der Waals surface area contributed by atoms with Gasteiger partial charge in [0.15, 0.2) is 0 Å². The molecule has 2 aromatic rings. The fraction of sp³-hybridized carbons (Fsp3) is 0.273. The van der Waals surface area contributed by atoms with Crippen molar-refractivity contribution in [3.63, 3.8) is 0 Å². The van der Waals surface area contributed by atoms with Crippen LogP contribution in [0.5, 0.6) is 5.75 Å². The maximum Gasteiger partial charge on any atom is 0.123 e. The van der Waals surface area contributed by atoms with Gasteiger partial charge < -0.3 is 5.11 Å². The normalized spacial score (nSPS) is 24.3. The Labute approximate surface area is 142 Å². The van der Waals surface area contributed by atoms with Crippen LogP contribution in [0.15, 0.2) is 54.6 Å². The molecule has 0 aliphatic heterocycles. The third-order valence-electron chi connectivity index (χ3n) is 5.27. The van der Waals surface area contributed by atoms with Crippen molar-refractivity contribution in [2.45, 2.75) is 25.7 Å². The molecule has 2 atom stereocenters. The molecule has 0 saturated carbocycles. The van der Waals surface area contributed by atoms with Gasteiger partial charge in [0.25, 0.3) is 0 Å². The van der Waals surface area contributed by atoms with E-state index in [-0.39, 0.29) is 11.6 Å². The van der Waals surface area contributed by atoms with E-state index in [0.717, 1.165) is 36.0 Å². The highest BCUT2D eigenvalue weighted by atomic mass is 19.1. The van der Waals surface area contributed by atoms with E-state index in [0.29, 0.717) is 11.8 Å². The third-order valence-corrected chi connectivity index (χ3v) is 5.27. The Morgan fingerprint density at radius 2 is 2.00 bits per heavy atom. The van der Waals surface area contributed by atoms with Gasteiger partial charge in [-0.1, -0.05) is 36.4 Å². The Hall–Kier alpha value is -2.35. The van der Waals surface area contributed by atoms with Gasteiger partial charge >= 0.3 is 0 Å². The number of aromatic hydroxyl groups is 1. The number of hydrogen-bond donors (Lipinski definition) is 1. The summed E-state index contributed by atoms with van der Waals surface area (Å²) in [5, 5.41) is 9.77. The maximum atomic E-state index is 13.7. The molecule has 2 aliphatic carbocycles. The lowest BCUT2D eigenvalue weighted by molar-refractivity contribution is 0.395. The van der Waals surface area contributed by atoms with Crippen LogP contribution in [-0.2, 0) is 6.42 Å². The summed E-state index contributed by atoms with van der Waals surface area (Å²) in [5.41, 5.74) is 4.48. The minimum atomic E-state index is -0.161. The van der Waals surface area contributed by atoms with Gasteiger partial charge in [0, 0.05) is 5.92 Å². The van der Waals surface area contributed by atoms with Gasteiger partial charge in [-0.25, -0.2) is 4.39 Å². The van der Waals surface area contributed by atoms with Crippen molar-refractivity contribution in [1.82, 2.24) is 0 Å². The van der Waals surface area contributed by atoms with Crippen molar-refractivity contribution in [2.24, 2.45) is 11.8 Å². The quantitative estimate of drug-likeness (QED) is 0.678. The molecule has 2 aromatic carbocycles. The molecular weight excluding hydrogens is 299 g/mol. The number of hydrogen-bond acceptors (Lipinski definition) is 1. The summed E-state index contributed by atoms with van der Waals surface area (Å²) in [6.07, 6.45) is 11.1. The fourth-order valence-corrected chi connectivity index (χ4v) is 4.11. The van der Waals surface area contributed by atoms with Crippen LogP contribution in [0.2, 0.25) is 0 Å². The van der Waals surface area contributed by atoms with Crippen molar-refractivity contribution < 1.29 is 9.50 Å². The molecule has 2 heteroatoms. The van der Waals surface area contributed by atoms with Crippen molar-refractivity contribution in [3.8, 4) is 5.75 Å². The first-order valence-corrected chi connectivity index (χ1v) is 8.67. The first-order chi connectivity index (χ1) is 11.7. The van der Waals surface area contributed by atoms with Crippen molar-refractivity contribution >= 4 is 11.6 Å². The number of phenols is 1. The summed E-state index contributed by atoms with van der Waals surface area (Å²) in [5.74, 6) is 1.08. The van der Waals surface area contributed by atoms with Gasteiger partial charge in [0.05, 0.1) is 0 Å². The van der Waals surface area contributed by atoms with Gasteiger partial charge in [-0.15, -0.1) is 0 Å². The van der Waals surface area contributed by atoms with Crippen molar-refractivity contribution in [2.75, 3.05) is 0 Å². The summed E-state index contributed by atoms with van der Waals surface area (Å²) >= 11 is 0. The number of rotatable bonds is 1. The molecule has 2 aliphatic rings. The zero-order valence-electron chi connectivity index (χ0n) is 13.6. The number of aryl methyl sites for hydroxylation is 1. The van der Waals surface area contributed by atoms with E-state index in [1.165, 1.54) is 12.0 Å². The molecule has 1 nitrogen and oxygen atoms in total. The number of halogens is 1. The Morgan fingerprint density at radius 3 is 2.88 bits per heavy atom. The third kappa shape index (κ3) is 2.89. The molecule has 1 N–H and O–H groups in total. The van der Waals surface area contributed by atoms with Gasteiger partial charge in [-0.3, -0.25) is 0 Å². The van der Waals surface area contributed by atoms with Crippen LogP contribution >= 0.6 is 0 Å². The minimum Gasteiger partial charge on any atom is -0.508 e. The van der Waals surface area contributed by atoms with Gasteiger partial charge in [0.2, 0.25) is 0 Å². The summed E-state index contributed by atoms with van der Waals surface area (Å²) < 4.78 is 13.7. The smallest absolute Gasteiger partial charge is 0.123 e. The topological polar surface area (TPSA) is 20.2 Å². The highest BCUT2D eigenvalue weighted by Crippen LogP contribution is 2.43. The predicted molar refractivity (Wildman–Crippen MR) is 96.1 cm³/mol. The van der Waals surface area contributed by atoms with Crippen LogP contribution in [0.25, 0.3) is 11.6 Å². The molecule has 2 unspecified atom stereocenters. The second-order valence-electron chi connectivity index (χ2n) is 6.83. The molecule has 0 amide bonds. The van der Waals surface area contributed by atoms with E-state index in [2.05, 4.69) is 18.2 Å². The Bertz CT molecular complexity index is 818. The Morgan fingerprint density at radius 1 is 1.08 bits per heavy atom. The highest BCUT2D eigenvalue weighted by Gasteiger charge is 2.29. The molecule has 24 heavy (non-hydrogen) atoms. The first kappa shape index (κ1) is 15.2. The van der Waals surface area contributed by atoms with Crippen LogP contribution < -0.4 is 0 Å². The van der Waals surface area contributed by atoms with E-state index >= 15 is 0 Å². The molecule has 0 radical (unpaired) electrons. The maximum absolute atomic E-state index is 13.7. The second kappa shape index (κ2) is 6.27. The summed E-state index contributed by atoms with van der Waals surface area (Å²) in [7, 11) is 0. The van der Waals surface area contributed by atoms with E-state index < -0.39 is 0 Å². The second-order valence-corrected chi connectivity index (χ2v) is 6.83. The summed E-state index contributed by atoms with van der Waals surface area (Å²) in [4.78, 5) is 0. The van der Waals surface area contributed by atoms with E-state index in [1.54, 1.807) is 24.3 Å². The van der Waals surface area contributed by atoms with Gasteiger partial charge in [-0.2, -0.15) is 0 Å². The molecule has 0 bridgehead atoms. The largest absolute Gasteiger partial charge is 0.508 e. The average molecular weight is 320 g/mol. The van der Waals surface area contributed by atoms with E-state index in [9.17, 15) is 9.50 Å². The van der Waals surface area contributed by atoms with Crippen molar-refractivity contribution in [3.05, 3.63) is 77.1 Å². The Kier molecular flexibility index (Phi) is 3.97. The average Bonchev–Trinajstić information content (AvgIpc) is 2.73. The molecule has 0 heterocycles. The van der Waals surface area contributed by atoms with E-state index in [1.807, 2.05) is 18.2 Å². The van der Waals surface area contributed by atoms with Crippen LogP contribution in [-0.4, -0.2) is 5.11 Å². The molecular formula is C22H21FO. The molecule has 122 valence electrons. The molecule has 0 saturated heterocycles. The molecule has 4 rings (SSSR count). The number of benzene rings is 2. The lowest BCUT2D eigenvalue weighted by atomic mass is 9.77. The number of fused-ring (bicyclic) bond motifs is 2. The van der Waals surface area contributed by atoms with Crippen LogP contribution in [0.4, 0.5) is 4.39 Å². The monoisotopic (exact) mass is 320 g/mol. The van der Waals surface area contributed by atoms with E-state index in [4.69, 9.17) is 0 Å². The number of phenolic OH excluding ortho intramolecular Hbond substituents is 1. The summed E-state index contributed by atoms with van der Waals surface area (Å²) in [6, 6.07) is 12.5. The van der Waals surface area contributed by atoms with Crippen molar-refractivity contribution in [1.29, 1.82) is 0 Å². The fourth-order valence-electron chi connectivity index (χ4n) is 4.11. The van der Waals surface area contributed by atoms with Crippen LogP contribution in [0.1, 0.15) is 36.0 Å². The minimum absolute atomic E-state index is 0.161. The van der Waals surface area contributed by atoms with Crippen LogP contribution in [0.3, 0.4) is 0 Å². The summed E-state index contributed by atoms with van der Waals surface area (Å²) in [6.45, 7) is 0. The predicted octanol–water partition coefficient (Wildman–Crippen LogP) is 5.60. The molecule has 0 fully saturated rings. The SMILES string of the molecule is Oc1cccc(/C=C2\c3ccc(F)cc3CCC3CCC=CC23)c1. The number of allylic oxidation sites excluding steroid dienone is 3. The van der Waals surface area contributed by atoms with Gasteiger partial charge in [-0.05, 0) is 78.1 Å². The lowest BCUT2D eigenvalue weighted by Crippen LogP contribution is -2.16. The lowest BCUT2D eigenvalue weighted by Gasteiger charge is -2.28. The zero-order valence-corrected chi connectivity index (χ0v) is 13.6. The molecule has 0 spiro atoms. The standard InChI is InChI=1S/C22H21FO/c23-18-10-11-21-17(14-18)9-8-16-5-1-2-7-20(16)22(21)13-15-4-3-6-19(24)12-15/h2-4,6-7,10-14,16,20,24H,1,5,8-9H2/b22-13-. The molecule has 0 aromatic heterocycles. The van der Waals surface area contributed by atoms with Crippen LogP contribution in [0, 0.1) is 17.7 Å². The Balaban J connectivity index is 1.88. The first-order valence-electron chi connectivity index (χ1n) is 8.67. The zero-order chi connectivity index (χ0) is 16.5. The van der Waals surface area contributed by atoms with Gasteiger partial charge in [0.1, 0.15) is 11.6 Å². The highest BCUT2D eigenvalue weighted by molar-refractivity contribution is 5.85.